The average Bonchev–Trinajstić information content (AvgIpc) is 2.82. The molecule has 0 atom stereocenters. The molecule has 0 saturated carbocycles. The second kappa shape index (κ2) is 12.1. The first kappa shape index (κ1) is 23.5. The highest BCUT2D eigenvalue weighted by Gasteiger charge is 2.14. The standard InChI is InChI=1S/C26H32N4OS/c1-4-29(5-2)23-15-13-21(14-16-23)19-30(20-22-10-9-17-27-18-22)26(32)28-24-11-7-8-12-25(24)31-6-3/h7-18H,4-6,19-20H2,1-3H3,(H,28,32). The fourth-order valence-electron chi connectivity index (χ4n) is 3.58. The van der Waals surface area contributed by atoms with Crippen LogP contribution in [0.3, 0.4) is 0 Å². The largest absolute Gasteiger partial charge is 0.492 e. The Morgan fingerprint density at radius 2 is 1.62 bits per heavy atom. The highest BCUT2D eigenvalue weighted by atomic mass is 32.1. The second-order valence-corrected chi connectivity index (χ2v) is 7.80. The van der Waals surface area contributed by atoms with Crippen LogP contribution < -0.4 is 15.0 Å². The Hall–Kier alpha value is -3.12. The predicted octanol–water partition coefficient (Wildman–Crippen LogP) is 5.73. The molecule has 32 heavy (non-hydrogen) atoms. The molecule has 3 aromatic rings. The van der Waals surface area contributed by atoms with Gasteiger partial charge in [0.2, 0.25) is 0 Å². The molecule has 0 aliphatic rings. The molecular weight excluding hydrogens is 416 g/mol. The fraction of sp³-hybridized carbons (Fsp3) is 0.308. The minimum Gasteiger partial charge on any atom is -0.492 e. The van der Waals surface area contributed by atoms with Crippen LogP contribution in [-0.4, -0.2) is 34.7 Å². The number of ether oxygens (including phenoxy) is 1. The summed E-state index contributed by atoms with van der Waals surface area (Å²) in [6.07, 6.45) is 3.67. The second-order valence-electron chi connectivity index (χ2n) is 7.42. The third-order valence-corrected chi connectivity index (χ3v) is 5.61. The first-order valence-electron chi connectivity index (χ1n) is 11.1. The van der Waals surface area contributed by atoms with Gasteiger partial charge in [-0.3, -0.25) is 4.98 Å². The summed E-state index contributed by atoms with van der Waals surface area (Å²) >= 11 is 5.84. The average molecular weight is 449 g/mol. The number of nitrogens with zero attached hydrogens (tertiary/aromatic N) is 3. The van der Waals surface area contributed by atoms with E-state index < -0.39 is 0 Å². The number of aromatic nitrogens is 1. The highest BCUT2D eigenvalue weighted by Crippen LogP contribution is 2.25. The van der Waals surface area contributed by atoms with Gasteiger partial charge in [0, 0.05) is 44.3 Å². The van der Waals surface area contributed by atoms with E-state index >= 15 is 0 Å². The topological polar surface area (TPSA) is 40.6 Å². The Bertz CT molecular complexity index is 975. The lowest BCUT2D eigenvalue weighted by atomic mass is 10.1. The Balaban J connectivity index is 1.80. The van der Waals surface area contributed by atoms with Gasteiger partial charge in [-0.2, -0.15) is 0 Å². The van der Waals surface area contributed by atoms with Gasteiger partial charge < -0.3 is 19.9 Å². The van der Waals surface area contributed by atoms with Crippen molar-refractivity contribution in [1.29, 1.82) is 0 Å². The molecule has 0 saturated heterocycles. The number of hydrogen-bond acceptors (Lipinski definition) is 4. The van der Waals surface area contributed by atoms with Crippen LogP contribution in [0.1, 0.15) is 31.9 Å². The van der Waals surface area contributed by atoms with Crippen molar-refractivity contribution in [3.05, 3.63) is 84.2 Å². The Morgan fingerprint density at radius 3 is 2.28 bits per heavy atom. The molecular formula is C26H32N4OS. The summed E-state index contributed by atoms with van der Waals surface area (Å²) < 4.78 is 5.76. The first-order valence-corrected chi connectivity index (χ1v) is 11.6. The van der Waals surface area contributed by atoms with Gasteiger partial charge in [-0.1, -0.05) is 30.3 Å². The van der Waals surface area contributed by atoms with E-state index in [-0.39, 0.29) is 0 Å². The molecule has 168 valence electrons. The van der Waals surface area contributed by atoms with E-state index in [2.05, 4.69) is 64.3 Å². The molecule has 0 bridgehead atoms. The van der Waals surface area contributed by atoms with Crippen molar-refractivity contribution in [3.8, 4) is 5.75 Å². The van der Waals surface area contributed by atoms with Gasteiger partial charge in [0.25, 0.3) is 0 Å². The predicted molar refractivity (Wildman–Crippen MR) is 137 cm³/mol. The van der Waals surface area contributed by atoms with E-state index in [0.29, 0.717) is 24.8 Å². The summed E-state index contributed by atoms with van der Waals surface area (Å²) in [5.74, 6) is 0.794. The molecule has 0 unspecified atom stereocenters. The minimum absolute atomic E-state index is 0.601. The van der Waals surface area contributed by atoms with Crippen LogP contribution in [0.4, 0.5) is 11.4 Å². The number of rotatable bonds is 10. The van der Waals surface area contributed by atoms with Crippen molar-refractivity contribution < 1.29 is 4.74 Å². The van der Waals surface area contributed by atoms with E-state index in [0.717, 1.165) is 30.1 Å². The monoisotopic (exact) mass is 448 g/mol. The van der Waals surface area contributed by atoms with Gasteiger partial charge in [0.05, 0.1) is 12.3 Å². The maximum Gasteiger partial charge on any atom is 0.174 e. The summed E-state index contributed by atoms with van der Waals surface area (Å²) in [6.45, 7) is 10.3. The van der Waals surface area contributed by atoms with Crippen molar-refractivity contribution in [2.45, 2.75) is 33.9 Å². The summed E-state index contributed by atoms with van der Waals surface area (Å²) in [5.41, 5.74) is 4.41. The van der Waals surface area contributed by atoms with E-state index in [1.165, 1.54) is 11.3 Å². The zero-order valence-corrected chi connectivity index (χ0v) is 19.9. The number of para-hydroxylation sites is 2. The lowest BCUT2D eigenvalue weighted by molar-refractivity contribution is 0.342. The fourth-order valence-corrected chi connectivity index (χ4v) is 3.82. The molecule has 0 aliphatic carbocycles. The van der Waals surface area contributed by atoms with Crippen LogP contribution in [0.5, 0.6) is 5.75 Å². The summed E-state index contributed by atoms with van der Waals surface area (Å²) in [6, 6.07) is 20.6. The van der Waals surface area contributed by atoms with Gasteiger partial charge in [-0.05, 0) is 74.4 Å². The molecule has 2 aromatic carbocycles. The first-order chi connectivity index (χ1) is 15.6. The van der Waals surface area contributed by atoms with Gasteiger partial charge in [-0.25, -0.2) is 0 Å². The summed E-state index contributed by atoms with van der Waals surface area (Å²) in [5, 5.41) is 4.03. The third-order valence-electron chi connectivity index (χ3n) is 5.25. The third kappa shape index (κ3) is 6.44. The quantitative estimate of drug-likeness (QED) is 0.400. The molecule has 0 aliphatic heterocycles. The molecule has 1 heterocycles. The van der Waals surface area contributed by atoms with Crippen LogP contribution in [0.25, 0.3) is 0 Å². The number of benzene rings is 2. The molecule has 0 spiro atoms. The highest BCUT2D eigenvalue weighted by molar-refractivity contribution is 7.80. The van der Waals surface area contributed by atoms with E-state index in [4.69, 9.17) is 17.0 Å². The molecule has 0 radical (unpaired) electrons. The number of nitrogens with one attached hydrogen (secondary N) is 1. The zero-order valence-electron chi connectivity index (χ0n) is 19.1. The lowest BCUT2D eigenvalue weighted by Gasteiger charge is -2.27. The molecule has 0 fully saturated rings. The summed E-state index contributed by atoms with van der Waals surface area (Å²) in [4.78, 5) is 8.76. The molecule has 1 aromatic heterocycles. The van der Waals surface area contributed by atoms with E-state index in [9.17, 15) is 0 Å². The van der Waals surface area contributed by atoms with Crippen LogP contribution in [0.2, 0.25) is 0 Å². The maximum atomic E-state index is 5.84. The van der Waals surface area contributed by atoms with E-state index in [1.54, 1.807) is 6.20 Å². The SMILES string of the molecule is CCOc1ccccc1NC(=S)N(Cc1ccc(N(CC)CC)cc1)Cc1cccnc1. The zero-order chi connectivity index (χ0) is 22.8. The summed E-state index contributed by atoms with van der Waals surface area (Å²) in [7, 11) is 0. The van der Waals surface area contributed by atoms with Gasteiger partial charge in [-0.15, -0.1) is 0 Å². The molecule has 1 N–H and O–H groups in total. The number of hydrogen-bond donors (Lipinski definition) is 1. The number of anilines is 2. The van der Waals surface area contributed by atoms with Crippen molar-refractivity contribution in [2.24, 2.45) is 0 Å². The molecule has 0 amide bonds. The maximum absolute atomic E-state index is 5.84. The van der Waals surface area contributed by atoms with E-state index in [1.807, 2.05) is 43.5 Å². The van der Waals surface area contributed by atoms with Gasteiger partial charge in [0.1, 0.15) is 5.75 Å². The van der Waals surface area contributed by atoms with Crippen molar-refractivity contribution >= 4 is 28.7 Å². The molecule has 6 heteroatoms. The Kier molecular flexibility index (Phi) is 8.87. The smallest absolute Gasteiger partial charge is 0.174 e. The lowest BCUT2D eigenvalue weighted by Crippen LogP contribution is -2.34. The van der Waals surface area contributed by atoms with Crippen LogP contribution in [-0.2, 0) is 13.1 Å². The van der Waals surface area contributed by atoms with Gasteiger partial charge in [0.15, 0.2) is 5.11 Å². The van der Waals surface area contributed by atoms with Crippen molar-refractivity contribution in [2.75, 3.05) is 29.9 Å². The number of pyridine rings is 1. The minimum atomic E-state index is 0.601. The van der Waals surface area contributed by atoms with Crippen molar-refractivity contribution in [3.63, 3.8) is 0 Å². The Labute approximate surface area is 197 Å². The van der Waals surface area contributed by atoms with Gasteiger partial charge >= 0.3 is 0 Å². The van der Waals surface area contributed by atoms with Crippen LogP contribution in [0.15, 0.2) is 73.1 Å². The molecule has 5 nitrogen and oxygen atoms in total. The normalized spacial score (nSPS) is 10.5. The Morgan fingerprint density at radius 1 is 0.906 bits per heavy atom. The van der Waals surface area contributed by atoms with Crippen molar-refractivity contribution in [1.82, 2.24) is 9.88 Å². The molecule has 3 rings (SSSR count). The number of thiocarbonyl (C=S) groups is 1. The van der Waals surface area contributed by atoms with Crippen LogP contribution >= 0.6 is 12.2 Å². The van der Waals surface area contributed by atoms with Crippen LogP contribution in [0, 0.1) is 0 Å².